The van der Waals surface area contributed by atoms with Crippen LogP contribution in [0.1, 0.15) is 72.1 Å². The highest BCUT2D eigenvalue weighted by Gasteiger charge is 2.19. The summed E-state index contributed by atoms with van der Waals surface area (Å²) in [4.78, 5) is 11.0. The fourth-order valence-corrected chi connectivity index (χ4v) is 2.08. The van der Waals surface area contributed by atoms with Gasteiger partial charge in [-0.2, -0.15) is 0 Å². The van der Waals surface area contributed by atoms with Crippen LogP contribution < -0.4 is 0 Å². The lowest BCUT2D eigenvalue weighted by Crippen LogP contribution is -2.30. The Morgan fingerprint density at radius 1 is 1.22 bits per heavy atom. The molecule has 0 aliphatic heterocycles. The molecule has 0 spiro atoms. The number of carbonyl (C=O) groups is 1. The average molecular weight is 322 g/mol. The van der Waals surface area contributed by atoms with E-state index in [4.69, 9.17) is 4.74 Å². The van der Waals surface area contributed by atoms with E-state index < -0.39 is 5.79 Å². The Kier molecular flexibility index (Phi) is 16.1. The Labute approximate surface area is 142 Å². The lowest BCUT2D eigenvalue weighted by molar-refractivity contribution is -0.207. The minimum atomic E-state index is -1.13. The lowest BCUT2D eigenvalue weighted by Gasteiger charge is -2.26. The van der Waals surface area contributed by atoms with Gasteiger partial charge in [-0.1, -0.05) is 51.5 Å². The number of allylic oxidation sites excluding steroid dienone is 1. The summed E-state index contributed by atoms with van der Waals surface area (Å²) in [6, 6.07) is 0. The van der Waals surface area contributed by atoms with Crippen molar-refractivity contribution >= 4 is 5.78 Å². The number of ketones is 1. The molecule has 132 valence electrons. The number of unbranched alkanes of at least 4 members (excludes halogenated alkanes) is 4. The zero-order chi connectivity index (χ0) is 18.1. The molecule has 3 heteroatoms. The number of hydrogen-bond donors (Lipinski definition) is 1. The van der Waals surface area contributed by atoms with Crippen LogP contribution in [0.3, 0.4) is 0 Å². The quantitative estimate of drug-likeness (QED) is 0.148. The minimum absolute atomic E-state index is 0.0141. The molecule has 1 unspecified atom stereocenters. The van der Waals surface area contributed by atoms with Crippen LogP contribution in [-0.2, 0) is 9.53 Å². The Morgan fingerprint density at radius 2 is 1.83 bits per heavy atom. The topological polar surface area (TPSA) is 46.5 Å². The Bertz CT molecular complexity index is 369. The van der Waals surface area contributed by atoms with Gasteiger partial charge in [-0.25, -0.2) is 0 Å². The molecule has 23 heavy (non-hydrogen) atoms. The summed E-state index contributed by atoms with van der Waals surface area (Å²) in [7, 11) is 0. The Balaban J connectivity index is 0. The van der Waals surface area contributed by atoms with Crippen molar-refractivity contribution in [2.45, 2.75) is 84.0 Å². The predicted molar refractivity (Wildman–Crippen MR) is 98.0 cm³/mol. The third-order valence-electron chi connectivity index (χ3n) is 3.07. The summed E-state index contributed by atoms with van der Waals surface area (Å²) >= 11 is 0. The van der Waals surface area contributed by atoms with Crippen LogP contribution in [0.4, 0.5) is 0 Å². The zero-order valence-electron chi connectivity index (χ0n) is 15.2. The fraction of sp³-hybridized carbons (Fsp3) is 0.650. The molecule has 0 aromatic rings. The standard InChI is InChI=1S/C18H30O3.C2H4/c1-5-7-8-9-10-14-17(21-18(3,4)20)15-12-11-13-16(19)6-2;1-2/h6,17,20H,2,5,7-10,12,14-15H2,1,3-4H3;1-2H2. The number of ether oxygens (including phenoxy) is 1. The molecule has 1 atom stereocenters. The molecule has 0 fully saturated rings. The first-order valence-corrected chi connectivity index (χ1v) is 8.44. The molecule has 0 bridgehead atoms. The van der Waals surface area contributed by atoms with Crippen LogP contribution in [0.5, 0.6) is 0 Å². The first-order valence-electron chi connectivity index (χ1n) is 8.44. The van der Waals surface area contributed by atoms with E-state index in [1.54, 1.807) is 13.8 Å². The highest BCUT2D eigenvalue weighted by atomic mass is 16.6. The summed E-state index contributed by atoms with van der Waals surface area (Å²) in [5.74, 6) is 3.96. The lowest BCUT2D eigenvalue weighted by atomic mass is 10.0. The molecular weight excluding hydrogens is 288 g/mol. The van der Waals surface area contributed by atoms with Crippen molar-refractivity contribution in [3.05, 3.63) is 25.8 Å². The predicted octanol–water partition coefficient (Wildman–Crippen LogP) is 4.80. The number of aliphatic hydroxyl groups is 1. The third-order valence-corrected chi connectivity index (χ3v) is 3.07. The van der Waals surface area contributed by atoms with Gasteiger partial charge in [-0.3, -0.25) is 4.79 Å². The Hall–Kier alpha value is -1.37. The van der Waals surface area contributed by atoms with Gasteiger partial charge in [-0.05, 0) is 38.7 Å². The largest absolute Gasteiger partial charge is 0.366 e. The highest BCUT2D eigenvalue weighted by Crippen LogP contribution is 2.18. The van der Waals surface area contributed by atoms with Gasteiger partial charge >= 0.3 is 0 Å². The summed E-state index contributed by atoms with van der Waals surface area (Å²) in [6.45, 7) is 14.9. The van der Waals surface area contributed by atoms with E-state index in [2.05, 4.69) is 38.5 Å². The monoisotopic (exact) mass is 322 g/mol. The summed E-state index contributed by atoms with van der Waals surface area (Å²) in [5, 5.41) is 9.79. The van der Waals surface area contributed by atoms with Crippen LogP contribution in [0.15, 0.2) is 25.8 Å². The maximum Gasteiger partial charge on any atom is 0.228 e. The molecule has 0 aliphatic rings. The normalized spacial score (nSPS) is 11.5. The van der Waals surface area contributed by atoms with Crippen molar-refractivity contribution < 1.29 is 14.6 Å². The maximum atomic E-state index is 11.0. The first-order chi connectivity index (χ1) is 10.9. The minimum Gasteiger partial charge on any atom is -0.366 e. The van der Waals surface area contributed by atoms with Crippen molar-refractivity contribution in [3.63, 3.8) is 0 Å². The zero-order valence-corrected chi connectivity index (χ0v) is 15.2. The SMILES string of the molecule is C=C.C=CC(=O)C#CCCC(CCCCCCC)OC(C)(C)O. The molecule has 0 amide bonds. The number of rotatable bonds is 11. The van der Waals surface area contributed by atoms with Crippen LogP contribution in [0, 0.1) is 11.8 Å². The second-order valence-electron chi connectivity index (χ2n) is 5.80. The summed E-state index contributed by atoms with van der Waals surface area (Å²) < 4.78 is 5.66. The van der Waals surface area contributed by atoms with Crippen molar-refractivity contribution in [1.82, 2.24) is 0 Å². The summed E-state index contributed by atoms with van der Waals surface area (Å²) in [6.07, 6.45) is 9.49. The van der Waals surface area contributed by atoms with Gasteiger partial charge < -0.3 is 9.84 Å². The van der Waals surface area contributed by atoms with Gasteiger partial charge in [0.15, 0.2) is 5.79 Å². The number of carbonyl (C=O) groups excluding carboxylic acids is 1. The molecule has 0 rings (SSSR count). The van der Waals surface area contributed by atoms with Gasteiger partial charge in [0.25, 0.3) is 0 Å². The van der Waals surface area contributed by atoms with Gasteiger partial charge in [0.05, 0.1) is 6.10 Å². The highest BCUT2D eigenvalue weighted by molar-refractivity contribution is 6.03. The molecule has 0 aromatic carbocycles. The smallest absolute Gasteiger partial charge is 0.228 e. The fourth-order valence-electron chi connectivity index (χ4n) is 2.08. The van der Waals surface area contributed by atoms with E-state index in [0.29, 0.717) is 6.42 Å². The molecule has 0 radical (unpaired) electrons. The molecule has 0 saturated carbocycles. The molecule has 0 heterocycles. The van der Waals surface area contributed by atoms with E-state index >= 15 is 0 Å². The van der Waals surface area contributed by atoms with Gasteiger partial charge in [0, 0.05) is 6.42 Å². The summed E-state index contributed by atoms with van der Waals surface area (Å²) in [5.41, 5.74) is 0. The first kappa shape index (κ1) is 23.9. The third kappa shape index (κ3) is 18.6. The Morgan fingerprint density at radius 3 is 2.35 bits per heavy atom. The van der Waals surface area contributed by atoms with Crippen molar-refractivity contribution in [3.8, 4) is 11.8 Å². The number of hydrogen-bond acceptors (Lipinski definition) is 3. The van der Waals surface area contributed by atoms with Crippen LogP contribution in [-0.4, -0.2) is 22.8 Å². The van der Waals surface area contributed by atoms with Crippen molar-refractivity contribution in [2.24, 2.45) is 0 Å². The molecule has 3 nitrogen and oxygen atoms in total. The van der Waals surface area contributed by atoms with Crippen LogP contribution in [0.25, 0.3) is 0 Å². The molecular formula is C20H34O3. The van der Waals surface area contributed by atoms with Crippen molar-refractivity contribution in [1.29, 1.82) is 0 Å². The van der Waals surface area contributed by atoms with E-state index in [1.165, 1.54) is 31.8 Å². The molecule has 0 saturated heterocycles. The molecule has 0 aliphatic carbocycles. The van der Waals surface area contributed by atoms with Gasteiger partial charge in [0.1, 0.15) is 0 Å². The molecule has 0 aromatic heterocycles. The maximum absolute atomic E-state index is 11.0. The van der Waals surface area contributed by atoms with Crippen LogP contribution in [0.2, 0.25) is 0 Å². The van der Waals surface area contributed by atoms with E-state index in [0.717, 1.165) is 19.3 Å². The average Bonchev–Trinajstić information content (AvgIpc) is 2.51. The van der Waals surface area contributed by atoms with E-state index in [-0.39, 0.29) is 11.9 Å². The van der Waals surface area contributed by atoms with Crippen molar-refractivity contribution in [2.75, 3.05) is 0 Å². The second kappa shape index (κ2) is 15.5. The second-order valence-corrected chi connectivity index (χ2v) is 5.80. The molecule has 1 N–H and O–H groups in total. The van der Waals surface area contributed by atoms with Gasteiger partial charge in [0.2, 0.25) is 5.78 Å². The van der Waals surface area contributed by atoms with Gasteiger partial charge in [-0.15, -0.1) is 13.2 Å². The van der Waals surface area contributed by atoms with E-state index in [9.17, 15) is 9.90 Å². The van der Waals surface area contributed by atoms with E-state index in [1.807, 2.05) is 0 Å². The van der Waals surface area contributed by atoms with Crippen LogP contribution >= 0.6 is 0 Å².